The van der Waals surface area contributed by atoms with Crippen molar-refractivity contribution in [2.24, 2.45) is 5.73 Å². The summed E-state index contributed by atoms with van der Waals surface area (Å²) in [4.78, 5) is 9.66. The number of alkyl halides is 2. The van der Waals surface area contributed by atoms with Crippen molar-refractivity contribution in [3.8, 4) is 5.75 Å². The third-order valence-electron chi connectivity index (χ3n) is 1.84. The van der Waals surface area contributed by atoms with Gasteiger partial charge in [-0.25, -0.2) is 8.78 Å². The molecular formula is C8H9ClF2N2O3. The maximum absolute atomic E-state index is 12.3. The number of aromatic hydroxyl groups is 1. The lowest BCUT2D eigenvalue weighted by molar-refractivity contribution is -0.385. The standard InChI is InChI=1S/C8H8F2N2O3.ClH/c9-8(10)7(11)5-3-4(13)1-2-6(5)12(14)15;/h1-3,7-8,13H,11H2;1H/t7-;/m1./s1. The molecule has 0 radical (unpaired) electrons. The van der Waals surface area contributed by atoms with Crippen LogP contribution in [0.1, 0.15) is 11.6 Å². The van der Waals surface area contributed by atoms with Crippen LogP contribution in [0.4, 0.5) is 14.5 Å². The molecule has 0 amide bonds. The van der Waals surface area contributed by atoms with E-state index in [1.54, 1.807) is 0 Å². The van der Waals surface area contributed by atoms with E-state index >= 15 is 0 Å². The summed E-state index contributed by atoms with van der Waals surface area (Å²) in [6, 6.07) is 1.07. The van der Waals surface area contributed by atoms with Crippen LogP contribution in [0.2, 0.25) is 0 Å². The molecule has 1 aromatic carbocycles. The van der Waals surface area contributed by atoms with E-state index in [0.29, 0.717) is 0 Å². The van der Waals surface area contributed by atoms with Gasteiger partial charge in [0, 0.05) is 6.07 Å². The lowest BCUT2D eigenvalue weighted by Crippen LogP contribution is -2.20. The zero-order valence-electron chi connectivity index (χ0n) is 7.84. The number of nitro groups is 1. The summed E-state index contributed by atoms with van der Waals surface area (Å²) in [6.45, 7) is 0. The van der Waals surface area contributed by atoms with E-state index in [1.807, 2.05) is 0 Å². The first kappa shape index (κ1) is 14.5. The number of nitrogens with two attached hydrogens (primary N) is 1. The summed E-state index contributed by atoms with van der Waals surface area (Å²) in [5.74, 6) is -0.341. The van der Waals surface area contributed by atoms with Crippen LogP contribution in [0, 0.1) is 10.1 Å². The van der Waals surface area contributed by atoms with Gasteiger partial charge in [-0.05, 0) is 12.1 Å². The highest BCUT2D eigenvalue weighted by atomic mass is 35.5. The molecule has 0 heterocycles. The van der Waals surface area contributed by atoms with Crippen LogP contribution >= 0.6 is 12.4 Å². The Kier molecular flexibility index (Phi) is 5.06. The Hall–Kier alpha value is -1.47. The molecule has 0 aromatic heterocycles. The SMILES string of the molecule is Cl.N[C@H](c1cc(O)ccc1[N+](=O)[O-])C(F)F. The summed E-state index contributed by atoms with van der Waals surface area (Å²) in [5.41, 5.74) is 4.17. The molecule has 0 unspecified atom stereocenters. The first-order valence-corrected chi connectivity index (χ1v) is 3.94. The average molecular weight is 255 g/mol. The molecule has 0 fully saturated rings. The fourth-order valence-corrected chi connectivity index (χ4v) is 1.11. The van der Waals surface area contributed by atoms with Crippen LogP contribution in [-0.2, 0) is 0 Å². The zero-order chi connectivity index (χ0) is 11.6. The predicted octanol–water partition coefficient (Wildman–Crippen LogP) is 1.99. The number of nitro benzene ring substituents is 1. The van der Waals surface area contributed by atoms with Crippen molar-refractivity contribution in [1.29, 1.82) is 0 Å². The maximum Gasteiger partial charge on any atom is 0.274 e. The lowest BCUT2D eigenvalue weighted by atomic mass is 10.1. The Balaban J connectivity index is 0.00000225. The molecule has 0 bridgehead atoms. The van der Waals surface area contributed by atoms with E-state index in [-0.39, 0.29) is 23.7 Å². The lowest BCUT2D eigenvalue weighted by Gasteiger charge is -2.11. The van der Waals surface area contributed by atoms with Crippen molar-refractivity contribution >= 4 is 18.1 Å². The second-order valence-electron chi connectivity index (χ2n) is 2.86. The van der Waals surface area contributed by atoms with Crippen LogP contribution in [-0.4, -0.2) is 16.5 Å². The number of nitrogens with zero attached hydrogens (tertiary/aromatic N) is 1. The molecule has 0 aliphatic heterocycles. The second kappa shape index (κ2) is 5.57. The quantitative estimate of drug-likeness (QED) is 0.638. The third-order valence-corrected chi connectivity index (χ3v) is 1.84. The average Bonchev–Trinajstić information content (AvgIpc) is 2.15. The smallest absolute Gasteiger partial charge is 0.274 e. The van der Waals surface area contributed by atoms with Gasteiger partial charge in [-0.2, -0.15) is 0 Å². The highest BCUT2D eigenvalue weighted by molar-refractivity contribution is 5.85. The molecule has 0 saturated carbocycles. The third kappa shape index (κ3) is 3.01. The Bertz CT molecular complexity index is 390. The molecule has 0 saturated heterocycles. The Morgan fingerprint density at radius 2 is 2.00 bits per heavy atom. The molecule has 1 atom stereocenters. The van der Waals surface area contributed by atoms with E-state index in [4.69, 9.17) is 10.8 Å². The van der Waals surface area contributed by atoms with Crippen molar-refractivity contribution < 1.29 is 18.8 Å². The van der Waals surface area contributed by atoms with Gasteiger partial charge in [-0.3, -0.25) is 10.1 Å². The summed E-state index contributed by atoms with van der Waals surface area (Å²) in [7, 11) is 0. The number of hydrogen-bond donors (Lipinski definition) is 2. The summed E-state index contributed by atoms with van der Waals surface area (Å²) >= 11 is 0. The maximum atomic E-state index is 12.3. The minimum Gasteiger partial charge on any atom is -0.508 e. The van der Waals surface area contributed by atoms with Crippen molar-refractivity contribution in [1.82, 2.24) is 0 Å². The molecule has 90 valence electrons. The highest BCUT2D eigenvalue weighted by Crippen LogP contribution is 2.30. The van der Waals surface area contributed by atoms with E-state index in [9.17, 15) is 18.9 Å². The largest absolute Gasteiger partial charge is 0.508 e. The zero-order valence-corrected chi connectivity index (χ0v) is 8.66. The Morgan fingerprint density at radius 1 is 1.44 bits per heavy atom. The van der Waals surface area contributed by atoms with Gasteiger partial charge in [0.1, 0.15) is 5.75 Å². The minimum absolute atomic E-state index is 0. The molecule has 0 aliphatic rings. The predicted molar refractivity (Wildman–Crippen MR) is 54.9 cm³/mol. The van der Waals surface area contributed by atoms with Crippen molar-refractivity contribution in [2.75, 3.05) is 0 Å². The van der Waals surface area contributed by atoms with Gasteiger partial charge in [0.25, 0.3) is 12.1 Å². The van der Waals surface area contributed by atoms with E-state index in [2.05, 4.69) is 0 Å². The Morgan fingerprint density at radius 3 is 2.44 bits per heavy atom. The van der Waals surface area contributed by atoms with Gasteiger partial charge in [0.15, 0.2) is 0 Å². The first-order valence-electron chi connectivity index (χ1n) is 3.94. The van der Waals surface area contributed by atoms with Gasteiger partial charge in [-0.1, -0.05) is 0 Å². The van der Waals surface area contributed by atoms with Gasteiger partial charge >= 0.3 is 0 Å². The van der Waals surface area contributed by atoms with E-state index in [1.165, 1.54) is 0 Å². The molecule has 8 heteroatoms. The summed E-state index contributed by atoms with van der Waals surface area (Å²) in [5, 5.41) is 19.5. The van der Waals surface area contributed by atoms with Gasteiger partial charge in [0.2, 0.25) is 0 Å². The van der Waals surface area contributed by atoms with E-state index in [0.717, 1.165) is 18.2 Å². The van der Waals surface area contributed by atoms with Crippen LogP contribution in [0.5, 0.6) is 5.75 Å². The van der Waals surface area contributed by atoms with Crippen molar-refractivity contribution in [3.05, 3.63) is 33.9 Å². The van der Waals surface area contributed by atoms with Crippen molar-refractivity contribution in [2.45, 2.75) is 12.5 Å². The topological polar surface area (TPSA) is 89.4 Å². The monoisotopic (exact) mass is 254 g/mol. The molecular weight excluding hydrogens is 246 g/mol. The number of phenolic OH excluding ortho intramolecular Hbond substituents is 1. The summed E-state index contributed by atoms with van der Waals surface area (Å²) in [6.07, 6.45) is -2.93. The van der Waals surface area contributed by atoms with Gasteiger partial charge in [0.05, 0.1) is 16.5 Å². The molecule has 0 spiro atoms. The second-order valence-corrected chi connectivity index (χ2v) is 2.86. The highest BCUT2D eigenvalue weighted by Gasteiger charge is 2.26. The molecule has 1 aromatic rings. The fourth-order valence-electron chi connectivity index (χ4n) is 1.11. The molecule has 3 N–H and O–H groups in total. The van der Waals surface area contributed by atoms with E-state index < -0.39 is 23.1 Å². The van der Waals surface area contributed by atoms with Crippen LogP contribution < -0.4 is 5.73 Å². The molecule has 0 aliphatic carbocycles. The van der Waals surface area contributed by atoms with Crippen LogP contribution in [0.3, 0.4) is 0 Å². The molecule has 5 nitrogen and oxygen atoms in total. The van der Waals surface area contributed by atoms with Crippen LogP contribution in [0.25, 0.3) is 0 Å². The normalized spacial score (nSPS) is 12.0. The van der Waals surface area contributed by atoms with Gasteiger partial charge < -0.3 is 10.8 Å². The number of rotatable bonds is 3. The number of benzene rings is 1. The first-order chi connectivity index (χ1) is 6.93. The number of halogens is 3. The summed E-state index contributed by atoms with van der Waals surface area (Å²) < 4.78 is 24.5. The Labute approximate surface area is 95.4 Å². The fraction of sp³-hybridized carbons (Fsp3) is 0.250. The number of phenols is 1. The molecule has 1 rings (SSSR count). The van der Waals surface area contributed by atoms with Crippen LogP contribution in [0.15, 0.2) is 18.2 Å². The van der Waals surface area contributed by atoms with Crippen molar-refractivity contribution in [3.63, 3.8) is 0 Å². The number of hydrogen-bond acceptors (Lipinski definition) is 4. The van der Waals surface area contributed by atoms with Gasteiger partial charge in [-0.15, -0.1) is 12.4 Å². The minimum atomic E-state index is -2.93. The molecule has 16 heavy (non-hydrogen) atoms.